The summed E-state index contributed by atoms with van der Waals surface area (Å²) in [6.45, 7) is 2.96. The molecule has 5 nitrogen and oxygen atoms in total. The average molecular weight is 280 g/mol. The lowest BCUT2D eigenvalue weighted by atomic mass is 10.0. The van der Waals surface area contributed by atoms with Crippen molar-refractivity contribution in [3.05, 3.63) is 35.4 Å². The summed E-state index contributed by atoms with van der Waals surface area (Å²) in [6.07, 6.45) is 0. The summed E-state index contributed by atoms with van der Waals surface area (Å²) in [5.41, 5.74) is 0.981. The minimum Gasteiger partial charge on any atom is -0.394 e. The van der Waals surface area contributed by atoms with Crippen LogP contribution in [-0.2, 0) is 4.79 Å². The van der Waals surface area contributed by atoms with Crippen LogP contribution in [0.3, 0.4) is 0 Å². The molecule has 1 amide bonds. The number of nitrogens with zero attached hydrogens (tertiary/aromatic N) is 1. The minimum absolute atomic E-state index is 0.246. The second kappa shape index (κ2) is 6.83. The lowest BCUT2D eigenvalue weighted by Gasteiger charge is -2.31. The Kier molecular flexibility index (Phi) is 5.68. The predicted molar refractivity (Wildman–Crippen MR) is 78.3 cm³/mol. The maximum Gasteiger partial charge on any atom is 0.242 e. The van der Waals surface area contributed by atoms with Gasteiger partial charge in [0.05, 0.1) is 18.8 Å². The van der Waals surface area contributed by atoms with Crippen molar-refractivity contribution in [2.24, 2.45) is 0 Å². The Morgan fingerprint density at radius 3 is 2.15 bits per heavy atom. The number of aliphatic hydroxyl groups excluding tert-OH is 2. The summed E-state index contributed by atoms with van der Waals surface area (Å²) in [6, 6.07) is 7.27. The molecular formula is C15H24N2O3. The largest absolute Gasteiger partial charge is 0.394 e. The summed E-state index contributed by atoms with van der Waals surface area (Å²) in [5.74, 6) is -0.246. The molecule has 0 fully saturated rings. The van der Waals surface area contributed by atoms with Crippen LogP contribution < -0.4 is 5.32 Å². The van der Waals surface area contributed by atoms with E-state index in [1.807, 2.05) is 45.3 Å². The highest BCUT2D eigenvalue weighted by molar-refractivity contribution is 5.83. The zero-order valence-corrected chi connectivity index (χ0v) is 12.6. The average Bonchev–Trinajstić information content (AvgIpc) is 2.40. The molecule has 0 spiro atoms. The molecule has 0 radical (unpaired) electrons. The fraction of sp³-hybridized carbons (Fsp3) is 0.533. The van der Waals surface area contributed by atoms with Crippen molar-refractivity contribution in [2.45, 2.75) is 25.4 Å². The number of nitrogens with one attached hydrogen (secondary N) is 1. The van der Waals surface area contributed by atoms with E-state index < -0.39 is 11.6 Å². The molecule has 0 bridgehead atoms. The summed E-state index contributed by atoms with van der Waals surface area (Å²) >= 11 is 0. The van der Waals surface area contributed by atoms with Crippen molar-refractivity contribution in [1.82, 2.24) is 10.2 Å². The van der Waals surface area contributed by atoms with Gasteiger partial charge in [-0.3, -0.25) is 9.69 Å². The van der Waals surface area contributed by atoms with Crippen LogP contribution in [-0.4, -0.2) is 53.9 Å². The Morgan fingerprint density at radius 2 is 1.75 bits per heavy atom. The Morgan fingerprint density at radius 1 is 1.25 bits per heavy atom. The number of amides is 1. The van der Waals surface area contributed by atoms with Gasteiger partial charge in [-0.05, 0) is 33.5 Å². The van der Waals surface area contributed by atoms with Gasteiger partial charge in [0.2, 0.25) is 5.91 Å². The second-order valence-corrected chi connectivity index (χ2v) is 5.64. The van der Waals surface area contributed by atoms with E-state index in [0.717, 1.165) is 11.1 Å². The molecule has 112 valence electrons. The van der Waals surface area contributed by atoms with E-state index in [1.54, 1.807) is 11.8 Å². The zero-order chi connectivity index (χ0) is 15.3. The van der Waals surface area contributed by atoms with Crippen LogP contribution >= 0.6 is 0 Å². The Hall–Kier alpha value is -1.43. The SMILES string of the molecule is Cc1ccc([C@@H](C(=O)NC(C)(CO)CO)N(C)C)cc1. The Balaban J connectivity index is 2.97. The lowest BCUT2D eigenvalue weighted by Crippen LogP contribution is -2.54. The van der Waals surface area contributed by atoms with Crippen LogP contribution in [0.1, 0.15) is 24.1 Å². The first-order chi connectivity index (χ1) is 9.33. The quantitative estimate of drug-likeness (QED) is 0.708. The third kappa shape index (κ3) is 4.03. The second-order valence-electron chi connectivity index (χ2n) is 5.64. The van der Waals surface area contributed by atoms with Gasteiger partial charge in [-0.15, -0.1) is 0 Å². The van der Waals surface area contributed by atoms with E-state index in [9.17, 15) is 15.0 Å². The number of aliphatic hydroxyl groups is 2. The molecule has 1 aromatic carbocycles. The molecule has 1 aromatic rings. The fourth-order valence-electron chi connectivity index (χ4n) is 1.93. The normalized spacial score (nSPS) is 13.3. The molecule has 20 heavy (non-hydrogen) atoms. The van der Waals surface area contributed by atoms with Gasteiger partial charge < -0.3 is 15.5 Å². The first-order valence-electron chi connectivity index (χ1n) is 6.60. The highest BCUT2D eigenvalue weighted by Crippen LogP contribution is 2.20. The smallest absolute Gasteiger partial charge is 0.242 e. The topological polar surface area (TPSA) is 72.8 Å². The third-order valence-corrected chi connectivity index (χ3v) is 3.28. The first kappa shape index (κ1) is 16.6. The number of benzene rings is 1. The third-order valence-electron chi connectivity index (χ3n) is 3.28. The van der Waals surface area contributed by atoms with Crippen LogP contribution in [0.5, 0.6) is 0 Å². The highest BCUT2D eigenvalue weighted by Gasteiger charge is 2.30. The van der Waals surface area contributed by atoms with E-state index in [2.05, 4.69) is 5.32 Å². The summed E-state index contributed by atoms with van der Waals surface area (Å²) < 4.78 is 0. The van der Waals surface area contributed by atoms with Gasteiger partial charge >= 0.3 is 0 Å². The number of rotatable bonds is 6. The molecule has 1 atom stereocenters. The van der Waals surface area contributed by atoms with E-state index in [-0.39, 0.29) is 19.1 Å². The van der Waals surface area contributed by atoms with E-state index in [0.29, 0.717) is 0 Å². The number of hydrogen-bond acceptors (Lipinski definition) is 4. The maximum absolute atomic E-state index is 12.4. The van der Waals surface area contributed by atoms with E-state index in [4.69, 9.17) is 0 Å². The van der Waals surface area contributed by atoms with Crippen molar-refractivity contribution < 1.29 is 15.0 Å². The highest BCUT2D eigenvalue weighted by atomic mass is 16.3. The molecule has 0 aliphatic rings. The van der Waals surface area contributed by atoms with Crippen LogP contribution in [0, 0.1) is 6.92 Å². The van der Waals surface area contributed by atoms with E-state index >= 15 is 0 Å². The van der Waals surface area contributed by atoms with Gasteiger partial charge in [-0.25, -0.2) is 0 Å². The van der Waals surface area contributed by atoms with Crippen LogP contribution in [0.15, 0.2) is 24.3 Å². The summed E-state index contributed by atoms with van der Waals surface area (Å²) in [5, 5.41) is 21.3. The van der Waals surface area contributed by atoms with Crippen molar-refractivity contribution in [3.63, 3.8) is 0 Å². The van der Waals surface area contributed by atoms with Crippen molar-refractivity contribution >= 4 is 5.91 Å². The minimum atomic E-state index is -1.02. The van der Waals surface area contributed by atoms with Gasteiger partial charge in [0.25, 0.3) is 0 Å². The molecule has 0 aliphatic heterocycles. The van der Waals surface area contributed by atoms with Gasteiger partial charge in [0.15, 0.2) is 0 Å². The standard InChI is InChI=1S/C15H24N2O3/c1-11-5-7-12(8-6-11)13(17(3)4)14(20)16-15(2,9-18)10-19/h5-8,13,18-19H,9-10H2,1-4H3,(H,16,20)/t13-/m0/s1. The molecule has 0 aliphatic carbocycles. The molecule has 5 heteroatoms. The molecule has 0 aromatic heterocycles. The predicted octanol–water partition coefficient (Wildman–Crippen LogP) is 0.457. The maximum atomic E-state index is 12.4. The van der Waals surface area contributed by atoms with Gasteiger partial charge in [0.1, 0.15) is 6.04 Å². The molecular weight excluding hydrogens is 256 g/mol. The Bertz CT molecular complexity index is 439. The zero-order valence-electron chi connectivity index (χ0n) is 12.6. The van der Waals surface area contributed by atoms with E-state index in [1.165, 1.54) is 0 Å². The molecule has 0 heterocycles. The van der Waals surface area contributed by atoms with Gasteiger partial charge in [-0.2, -0.15) is 0 Å². The van der Waals surface area contributed by atoms with Crippen LogP contribution in [0.4, 0.5) is 0 Å². The first-order valence-corrected chi connectivity index (χ1v) is 6.60. The number of hydrogen-bond donors (Lipinski definition) is 3. The van der Waals surface area contributed by atoms with Crippen molar-refractivity contribution in [3.8, 4) is 0 Å². The summed E-state index contributed by atoms with van der Waals surface area (Å²) in [4.78, 5) is 14.2. The fourth-order valence-corrected chi connectivity index (χ4v) is 1.93. The van der Waals surface area contributed by atoms with Crippen molar-refractivity contribution in [1.29, 1.82) is 0 Å². The van der Waals surface area contributed by atoms with Gasteiger partial charge in [0, 0.05) is 0 Å². The van der Waals surface area contributed by atoms with Crippen LogP contribution in [0.25, 0.3) is 0 Å². The monoisotopic (exact) mass is 280 g/mol. The lowest BCUT2D eigenvalue weighted by molar-refractivity contribution is -0.128. The number of aryl methyl sites for hydroxylation is 1. The summed E-state index contributed by atoms with van der Waals surface area (Å²) in [7, 11) is 3.64. The number of likely N-dealkylation sites (N-methyl/N-ethyl adjacent to an activating group) is 1. The molecule has 1 rings (SSSR count). The molecule has 0 unspecified atom stereocenters. The van der Waals surface area contributed by atoms with Crippen molar-refractivity contribution in [2.75, 3.05) is 27.3 Å². The molecule has 0 saturated carbocycles. The number of carbonyl (C=O) groups excluding carboxylic acids is 1. The molecule has 0 saturated heterocycles. The number of carbonyl (C=O) groups is 1. The van der Waals surface area contributed by atoms with Gasteiger partial charge in [-0.1, -0.05) is 29.8 Å². The Labute approximate surface area is 120 Å². The molecule has 3 N–H and O–H groups in total. The van der Waals surface area contributed by atoms with Crippen LogP contribution in [0.2, 0.25) is 0 Å².